The molecule has 15 heavy (non-hydrogen) atoms. The van der Waals surface area contributed by atoms with Crippen molar-refractivity contribution in [1.82, 2.24) is 0 Å². The van der Waals surface area contributed by atoms with Gasteiger partial charge in [-0.05, 0) is 18.6 Å². The Balaban J connectivity index is 2.94. The largest absolute Gasteiger partial charge is 0.391 e. The fraction of sp³-hybridized carbons (Fsp3) is 0.455. The molecular formula is C11H15F2NO. The molecular weight excluding hydrogens is 200 g/mol. The van der Waals surface area contributed by atoms with Gasteiger partial charge < -0.3 is 10.8 Å². The van der Waals surface area contributed by atoms with Gasteiger partial charge in [-0.25, -0.2) is 8.78 Å². The summed E-state index contributed by atoms with van der Waals surface area (Å²) in [5.41, 5.74) is 5.36. The molecule has 0 fully saturated rings. The summed E-state index contributed by atoms with van der Waals surface area (Å²) in [6.07, 6.45) is 0.223. The Hall–Kier alpha value is -1.00. The van der Waals surface area contributed by atoms with Crippen LogP contribution in [0.4, 0.5) is 8.78 Å². The second-order valence-electron chi connectivity index (χ2n) is 3.52. The Morgan fingerprint density at radius 2 is 1.87 bits per heavy atom. The van der Waals surface area contributed by atoms with Gasteiger partial charge in [-0.15, -0.1) is 0 Å². The van der Waals surface area contributed by atoms with Gasteiger partial charge in [0, 0.05) is 5.56 Å². The van der Waals surface area contributed by atoms with Crippen LogP contribution >= 0.6 is 0 Å². The van der Waals surface area contributed by atoms with Crippen molar-refractivity contribution < 1.29 is 13.9 Å². The third kappa shape index (κ3) is 2.73. The SMILES string of the molecule is CCC[C@H](O)[C@H](N)c1c(F)cccc1F. The van der Waals surface area contributed by atoms with Gasteiger partial charge in [0.25, 0.3) is 0 Å². The molecule has 0 aliphatic carbocycles. The van der Waals surface area contributed by atoms with E-state index in [1.165, 1.54) is 6.07 Å². The van der Waals surface area contributed by atoms with E-state index < -0.39 is 23.8 Å². The molecule has 0 aliphatic heterocycles. The highest BCUT2D eigenvalue weighted by molar-refractivity contribution is 5.23. The first-order chi connectivity index (χ1) is 7.07. The number of aliphatic hydroxyl groups is 1. The van der Waals surface area contributed by atoms with Crippen LogP contribution in [-0.2, 0) is 0 Å². The zero-order valence-corrected chi connectivity index (χ0v) is 8.58. The van der Waals surface area contributed by atoms with Crippen molar-refractivity contribution in [2.75, 3.05) is 0 Å². The van der Waals surface area contributed by atoms with Gasteiger partial charge in [0.15, 0.2) is 0 Å². The van der Waals surface area contributed by atoms with Crippen LogP contribution in [0.25, 0.3) is 0 Å². The molecule has 4 heteroatoms. The molecule has 3 N–H and O–H groups in total. The molecule has 1 aromatic carbocycles. The topological polar surface area (TPSA) is 46.2 Å². The zero-order chi connectivity index (χ0) is 11.4. The standard InChI is InChI=1S/C11H15F2NO/c1-2-4-9(15)11(14)10-7(12)5-3-6-8(10)13/h3,5-6,9,11,15H,2,4,14H2,1H3/t9-,11-/m0/s1. The van der Waals surface area contributed by atoms with Gasteiger partial charge in [-0.1, -0.05) is 19.4 Å². The van der Waals surface area contributed by atoms with Gasteiger partial charge in [0.2, 0.25) is 0 Å². The van der Waals surface area contributed by atoms with Crippen LogP contribution in [0.5, 0.6) is 0 Å². The number of nitrogens with two attached hydrogens (primary N) is 1. The number of aliphatic hydroxyl groups excluding tert-OH is 1. The van der Waals surface area contributed by atoms with Crippen molar-refractivity contribution in [2.24, 2.45) is 5.73 Å². The molecule has 2 atom stereocenters. The van der Waals surface area contributed by atoms with E-state index in [2.05, 4.69) is 0 Å². The third-order valence-electron chi connectivity index (χ3n) is 2.33. The average molecular weight is 215 g/mol. The molecule has 0 bridgehead atoms. The molecule has 84 valence electrons. The van der Waals surface area contributed by atoms with E-state index in [-0.39, 0.29) is 5.56 Å². The minimum absolute atomic E-state index is 0.238. The predicted octanol–water partition coefficient (Wildman–Crippen LogP) is 2.13. The summed E-state index contributed by atoms with van der Waals surface area (Å²) >= 11 is 0. The maximum atomic E-state index is 13.3. The lowest BCUT2D eigenvalue weighted by Crippen LogP contribution is -2.27. The van der Waals surface area contributed by atoms with Gasteiger partial charge in [0.05, 0.1) is 12.1 Å². The fourth-order valence-electron chi connectivity index (χ4n) is 1.50. The Bertz CT molecular complexity index is 310. The van der Waals surface area contributed by atoms with Crippen LogP contribution in [0.1, 0.15) is 31.4 Å². The number of halogens is 2. The molecule has 0 unspecified atom stereocenters. The molecule has 2 nitrogen and oxygen atoms in total. The lowest BCUT2D eigenvalue weighted by Gasteiger charge is -2.19. The highest BCUT2D eigenvalue weighted by Crippen LogP contribution is 2.23. The average Bonchev–Trinajstić information content (AvgIpc) is 2.17. The Morgan fingerprint density at radius 3 is 2.33 bits per heavy atom. The maximum absolute atomic E-state index is 13.3. The number of hydrogen-bond donors (Lipinski definition) is 2. The molecule has 0 saturated carbocycles. The summed E-state index contributed by atoms with van der Waals surface area (Å²) in [5.74, 6) is -1.42. The quantitative estimate of drug-likeness (QED) is 0.808. The molecule has 0 saturated heterocycles. The van der Waals surface area contributed by atoms with Crippen molar-refractivity contribution in [2.45, 2.75) is 31.9 Å². The molecule has 1 aromatic rings. The zero-order valence-electron chi connectivity index (χ0n) is 8.58. The minimum atomic E-state index is -1.01. The Kier molecular flexibility index (Phi) is 4.17. The second kappa shape index (κ2) is 5.19. The second-order valence-corrected chi connectivity index (χ2v) is 3.52. The van der Waals surface area contributed by atoms with E-state index in [0.717, 1.165) is 12.1 Å². The number of rotatable bonds is 4. The molecule has 0 amide bonds. The Labute approximate surface area is 87.7 Å². The van der Waals surface area contributed by atoms with Crippen LogP contribution in [0.15, 0.2) is 18.2 Å². The summed E-state index contributed by atoms with van der Waals surface area (Å²) < 4.78 is 26.5. The van der Waals surface area contributed by atoms with E-state index in [4.69, 9.17) is 5.73 Å². The number of benzene rings is 1. The first kappa shape index (κ1) is 12.1. The minimum Gasteiger partial charge on any atom is -0.391 e. The summed E-state index contributed by atoms with van der Waals surface area (Å²) in [6.45, 7) is 1.87. The first-order valence-electron chi connectivity index (χ1n) is 4.95. The van der Waals surface area contributed by atoms with Crippen LogP contribution < -0.4 is 5.73 Å². The highest BCUT2D eigenvalue weighted by atomic mass is 19.1. The summed E-state index contributed by atoms with van der Waals surface area (Å²) in [5, 5.41) is 9.56. The number of hydrogen-bond acceptors (Lipinski definition) is 2. The summed E-state index contributed by atoms with van der Waals surface area (Å²) in [6, 6.07) is 2.53. The van der Waals surface area contributed by atoms with Crippen LogP contribution in [0.3, 0.4) is 0 Å². The van der Waals surface area contributed by atoms with E-state index in [1.807, 2.05) is 6.92 Å². The lowest BCUT2D eigenvalue weighted by molar-refractivity contribution is 0.131. The van der Waals surface area contributed by atoms with Crippen LogP contribution in [0, 0.1) is 11.6 Å². The lowest BCUT2D eigenvalue weighted by atomic mass is 9.98. The summed E-state index contributed by atoms with van der Waals surface area (Å²) in [4.78, 5) is 0. The van der Waals surface area contributed by atoms with Crippen molar-refractivity contribution in [3.63, 3.8) is 0 Å². The van der Waals surface area contributed by atoms with Crippen LogP contribution in [0.2, 0.25) is 0 Å². The first-order valence-corrected chi connectivity index (χ1v) is 4.95. The van der Waals surface area contributed by atoms with E-state index in [0.29, 0.717) is 12.8 Å². The Morgan fingerprint density at radius 1 is 1.33 bits per heavy atom. The smallest absolute Gasteiger partial charge is 0.131 e. The highest BCUT2D eigenvalue weighted by Gasteiger charge is 2.22. The predicted molar refractivity (Wildman–Crippen MR) is 54.2 cm³/mol. The summed E-state index contributed by atoms with van der Waals surface area (Å²) in [7, 11) is 0. The van der Waals surface area contributed by atoms with Crippen LogP contribution in [-0.4, -0.2) is 11.2 Å². The van der Waals surface area contributed by atoms with Crippen molar-refractivity contribution in [1.29, 1.82) is 0 Å². The van der Waals surface area contributed by atoms with Crippen molar-refractivity contribution >= 4 is 0 Å². The van der Waals surface area contributed by atoms with Gasteiger partial charge in [0.1, 0.15) is 11.6 Å². The van der Waals surface area contributed by atoms with E-state index in [1.54, 1.807) is 0 Å². The molecule has 0 spiro atoms. The van der Waals surface area contributed by atoms with E-state index in [9.17, 15) is 13.9 Å². The fourth-order valence-corrected chi connectivity index (χ4v) is 1.50. The monoisotopic (exact) mass is 215 g/mol. The van der Waals surface area contributed by atoms with Gasteiger partial charge in [-0.3, -0.25) is 0 Å². The van der Waals surface area contributed by atoms with Crippen molar-refractivity contribution in [3.05, 3.63) is 35.4 Å². The molecule has 1 rings (SSSR count). The van der Waals surface area contributed by atoms with Crippen molar-refractivity contribution in [3.8, 4) is 0 Å². The molecule has 0 aliphatic rings. The van der Waals surface area contributed by atoms with Gasteiger partial charge >= 0.3 is 0 Å². The molecule has 0 aromatic heterocycles. The molecule has 0 radical (unpaired) electrons. The third-order valence-corrected chi connectivity index (χ3v) is 2.33. The van der Waals surface area contributed by atoms with Gasteiger partial charge in [-0.2, -0.15) is 0 Å². The van der Waals surface area contributed by atoms with E-state index >= 15 is 0 Å². The molecule has 0 heterocycles. The maximum Gasteiger partial charge on any atom is 0.131 e. The normalized spacial score (nSPS) is 15.0.